The number of amides is 2. The van der Waals surface area contributed by atoms with Gasteiger partial charge in [0, 0.05) is 12.3 Å². The van der Waals surface area contributed by atoms with E-state index in [1.54, 1.807) is 0 Å². The monoisotopic (exact) mass is 345 g/mol. The molecule has 1 saturated heterocycles. The summed E-state index contributed by atoms with van der Waals surface area (Å²) in [5.41, 5.74) is 0. The molecule has 2 rings (SSSR count). The van der Waals surface area contributed by atoms with Crippen molar-refractivity contribution in [3.05, 3.63) is 10.1 Å². The lowest BCUT2D eigenvalue weighted by molar-refractivity contribution is -0.757. The minimum atomic E-state index is -0.745. The van der Waals surface area contributed by atoms with Crippen LogP contribution in [0.4, 0.5) is 4.79 Å². The first kappa shape index (κ1) is 17.8. The Morgan fingerprint density at radius 1 is 1.35 bits per heavy atom. The first-order valence-corrected chi connectivity index (χ1v) is 9.01. The molecule has 0 aromatic rings. The zero-order valence-corrected chi connectivity index (χ0v) is 13.8. The number of rotatable bonds is 8. The van der Waals surface area contributed by atoms with Gasteiger partial charge in [-0.1, -0.05) is 24.6 Å². The zero-order chi connectivity index (χ0) is 16.7. The average Bonchev–Trinajstić information content (AvgIpc) is 2.97. The van der Waals surface area contributed by atoms with Crippen molar-refractivity contribution in [2.24, 2.45) is 11.8 Å². The van der Waals surface area contributed by atoms with E-state index in [9.17, 15) is 19.7 Å². The van der Waals surface area contributed by atoms with E-state index < -0.39 is 11.1 Å². The Labute approximate surface area is 139 Å². The van der Waals surface area contributed by atoms with Crippen LogP contribution in [0.3, 0.4) is 0 Å². The van der Waals surface area contributed by atoms with Crippen LogP contribution in [0.5, 0.6) is 0 Å². The Hall–Kier alpha value is -1.51. The number of hydrogen-bond donors (Lipinski definition) is 2. The summed E-state index contributed by atoms with van der Waals surface area (Å²) in [5, 5.41) is 14.7. The molecule has 0 spiro atoms. The number of thioether (sulfide) groups is 1. The maximum absolute atomic E-state index is 11.9. The summed E-state index contributed by atoms with van der Waals surface area (Å²) in [4.78, 5) is 37.4. The van der Waals surface area contributed by atoms with Gasteiger partial charge in [0.1, 0.15) is 6.04 Å². The van der Waals surface area contributed by atoms with Crippen molar-refractivity contribution in [3.8, 4) is 0 Å². The van der Waals surface area contributed by atoms with E-state index >= 15 is 0 Å². The summed E-state index contributed by atoms with van der Waals surface area (Å²) in [6.07, 6.45) is 5.98. The van der Waals surface area contributed by atoms with Crippen LogP contribution < -0.4 is 10.6 Å². The Balaban J connectivity index is 1.55. The molecule has 8 nitrogen and oxygen atoms in total. The second-order valence-corrected chi connectivity index (χ2v) is 7.12. The number of hydrogen-bond acceptors (Lipinski definition) is 6. The molecule has 0 aromatic heterocycles. The molecule has 2 amide bonds. The molecule has 1 saturated carbocycles. The second kappa shape index (κ2) is 8.95. The van der Waals surface area contributed by atoms with Crippen LogP contribution in [0.1, 0.15) is 38.5 Å². The van der Waals surface area contributed by atoms with E-state index in [1.807, 2.05) is 0 Å². The summed E-state index contributed by atoms with van der Waals surface area (Å²) >= 11 is 1.14. The van der Waals surface area contributed by atoms with Crippen LogP contribution in [0.15, 0.2) is 0 Å². The molecule has 130 valence electrons. The fraction of sp³-hybridized carbons (Fsp3) is 0.857. The van der Waals surface area contributed by atoms with Gasteiger partial charge in [-0.05, 0) is 37.5 Å². The molecule has 9 heteroatoms. The van der Waals surface area contributed by atoms with Gasteiger partial charge >= 0.3 is 0 Å². The van der Waals surface area contributed by atoms with Gasteiger partial charge < -0.3 is 15.5 Å². The van der Waals surface area contributed by atoms with Crippen molar-refractivity contribution in [2.75, 3.05) is 18.9 Å². The molecule has 0 radical (unpaired) electrons. The number of carbonyl (C=O) groups excluding carboxylic acids is 2. The van der Waals surface area contributed by atoms with Crippen molar-refractivity contribution in [2.45, 2.75) is 44.6 Å². The maximum Gasteiger partial charge on any atom is 0.294 e. The molecule has 0 aromatic carbocycles. The molecular formula is C14H23N3O5S. The smallest absolute Gasteiger partial charge is 0.294 e. The number of nitrogens with one attached hydrogen (secondary N) is 2. The summed E-state index contributed by atoms with van der Waals surface area (Å²) in [6.45, 7) is 0.834. The number of carbonyl (C=O) groups is 2. The highest BCUT2D eigenvalue weighted by molar-refractivity contribution is 8.14. The minimum Gasteiger partial charge on any atom is -0.354 e. The van der Waals surface area contributed by atoms with Gasteiger partial charge in [0.05, 0.1) is 6.61 Å². The molecule has 1 aliphatic heterocycles. The van der Waals surface area contributed by atoms with Crippen molar-refractivity contribution >= 4 is 22.9 Å². The van der Waals surface area contributed by atoms with Gasteiger partial charge in [-0.25, -0.2) is 0 Å². The predicted octanol–water partition coefficient (Wildman–Crippen LogP) is 1.72. The Morgan fingerprint density at radius 2 is 2.04 bits per heavy atom. The third-order valence-corrected chi connectivity index (χ3v) is 5.35. The largest absolute Gasteiger partial charge is 0.354 e. The van der Waals surface area contributed by atoms with E-state index in [0.29, 0.717) is 30.6 Å². The highest BCUT2D eigenvalue weighted by atomic mass is 32.2. The van der Waals surface area contributed by atoms with Crippen molar-refractivity contribution in [3.63, 3.8) is 0 Å². The molecule has 2 fully saturated rings. The molecule has 0 unspecified atom stereocenters. The summed E-state index contributed by atoms with van der Waals surface area (Å²) < 4.78 is 0. The van der Waals surface area contributed by atoms with E-state index in [2.05, 4.69) is 15.5 Å². The van der Waals surface area contributed by atoms with Crippen molar-refractivity contribution < 1.29 is 19.5 Å². The first-order valence-electron chi connectivity index (χ1n) is 8.03. The molecule has 2 aliphatic rings. The van der Waals surface area contributed by atoms with Crippen LogP contribution in [0.25, 0.3) is 0 Å². The highest BCUT2D eigenvalue weighted by Crippen LogP contribution is 2.31. The van der Waals surface area contributed by atoms with Gasteiger partial charge in [0.15, 0.2) is 0 Å². The molecular weight excluding hydrogens is 322 g/mol. The SMILES string of the molecule is O=C1N[C@H](C(=O)NC[C@H]2CC[C@H](CCCO[N+](=O)[O-])CC2)CS1. The van der Waals surface area contributed by atoms with Gasteiger partial charge in [-0.3, -0.25) is 9.59 Å². The molecule has 1 heterocycles. The van der Waals surface area contributed by atoms with Gasteiger partial charge in [0.2, 0.25) is 5.91 Å². The van der Waals surface area contributed by atoms with Crippen molar-refractivity contribution in [1.29, 1.82) is 0 Å². The third-order valence-electron chi connectivity index (χ3n) is 4.47. The first-order chi connectivity index (χ1) is 11.0. The molecule has 0 bridgehead atoms. The van der Waals surface area contributed by atoms with Gasteiger partial charge in [0.25, 0.3) is 10.3 Å². The minimum absolute atomic E-state index is 0.0950. The summed E-state index contributed by atoms with van der Waals surface area (Å²) in [7, 11) is 0. The standard InChI is InChI=1S/C14H23N3O5S/c18-13(12-9-23-14(19)16-12)15-8-11-5-3-10(4-6-11)2-1-7-22-17(20)21/h10-12H,1-9H2,(H,15,18)(H,16,19)/t10-,11-,12-/m0/s1. The lowest BCUT2D eigenvalue weighted by Crippen LogP contribution is -2.44. The maximum atomic E-state index is 11.9. The highest BCUT2D eigenvalue weighted by Gasteiger charge is 2.28. The predicted molar refractivity (Wildman–Crippen MR) is 85.4 cm³/mol. The molecule has 1 aliphatic carbocycles. The lowest BCUT2D eigenvalue weighted by atomic mass is 9.80. The van der Waals surface area contributed by atoms with Crippen LogP contribution >= 0.6 is 11.8 Å². The van der Waals surface area contributed by atoms with E-state index in [0.717, 1.165) is 43.9 Å². The average molecular weight is 345 g/mol. The lowest BCUT2D eigenvalue weighted by Gasteiger charge is -2.28. The van der Waals surface area contributed by atoms with E-state index in [-0.39, 0.29) is 17.8 Å². The van der Waals surface area contributed by atoms with Crippen LogP contribution in [-0.2, 0) is 9.63 Å². The molecule has 2 N–H and O–H groups in total. The van der Waals surface area contributed by atoms with E-state index in [4.69, 9.17) is 0 Å². The fourth-order valence-corrected chi connectivity index (χ4v) is 3.91. The normalized spacial score (nSPS) is 27.3. The Bertz CT molecular complexity index is 440. The van der Waals surface area contributed by atoms with Gasteiger partial charge in [-0.15, -0.1) is 10.1 Å². The topological polar surface area (TPSA) is 111 Å². The third kappa shape index (κ3) is 6.25. The van der Waals surface area contributed by atoms with Crippen LogP contribution in [0, 0.1) is 22.0 Å². The fourth-order valence-electron chi connectivity index (χ4n) is 3.13. The summed E-state index contributed by atoms with van der Waals surface area (Å²) in [5.74, 6) is 1.49. The molecule has 1 atom stereocenters. The zero-order valence-electron chi connectivity index (χ0n) is 13.0. The molecule has 23 heavy (non-hydrogen) atoms. The van der Waals surface area contributed by atoms with Gasteiger partial charge in [-0.2, -0.15) is 0 Å². The Morgan fingerprint density at radius 3 is 2.65 bits per heavy atom. The number of nitrogens with zero attached hydrogens (tertiary/aromatic N) is 1. The van der Waals surface area contributed by atoms with Crippen molar-refractivity contribution in [1.82, 2.24) is 10.6 Å². The Kier molecular flexibility index (Phi) is 6.94. The van der Waals surface area contributed by atoms with Crippen LogP contribution in [0.2, 0.25) is 0 Å². The quantitative estimate of drug-likeness (QED) is 0.394. The van der Waals surface area contributed by atoms with Crippen LogP contribution in [-0.4, -0.2) is 41.2 Å². The second-order valence-electron chi connectivity index (χ2n) is 6.13. The van der Waals surface area contributed by atoms with E-state index in [1.165, 1.54) is 0 Å². The summed E-state index contributed by atoms with van der Waals surface area (Å²) in [6, 6.07) is -0.398.